The smallest absolute Gasteiger partial charge is 0.255 e. The summed E-state index contributed by atoms with van der Waals surface area (Å²) in [4.78, 5) is 16.8. The first-order chi connectivity index (χ1) is 13.7. The Balaban J connectivity index is 1.93. The molecule has 0 saturated carbocycles. The second-order valence-corrected chi connectivity index (χ2v) is 9.03. The lowest BCUT2D eigenvalue weighted by Crippen LogP contribution is -2.33. The second-order valence-electron chi connectivity index (χ2n) is 6.60. The molecule has 0 fully saturated rings. The number of nitrogens with one attached hydrogen (secondary N) is 1. The first-order valence-corrected chi connectivity index (χ1v) is 10.6. The van der Waals surface area contributed by atoms with E-state index in [1.807, 2.05) is 0 Å². The normalized spacial score (nSPS) is 11.8. The molecule has 1 heterocycles. The average molecular weight is 434 g/mol. The first-order valence-electron chi connectivity index (χ1n) is 8.74. The van der Waals surface area contributed by atoms with E-state index in [1.165, 1.54) is 46.9 Å². The number of benzene rings is 2. The van der Waals surface area contributed by atoms with Crippen molar-refractivity contribution in [2.75, 3.05) is 12.4 Å². The van der Waals surface area contributed by atoms with Gasteiger partial charge in [0.05, 0.1) is 16.3 Å². The van der Waals surface area contributed by atoms with Gasteiger partial charge in [-0.05, 0) is 50.2 Å². The molecule has 152 valence electrons. The van der Waals surface area contributed by atoms with Gasteiger partial charge in [0.2, 0.25) is 10.0 Å². The summed E-state index contributed by atoms with van der Waals surface area (Å²) in [6, 6.07) is 10.6. The van der Waals surface area contributed by atoms with E-state index in [-0.39, 0.29) is 16.5 Å². The third-order valence-electron chi connectivity index (χ3n) is 4.37. The molecule has 0 spiro atoms. The highest BCUT2D eigenvalue weighted by molar-refractivity contribution is 7.89. The SMILES string of the molecule is CC(C)N(C)S(=O)(=O)c1cccc(C(=O)Nc2cc(Cl)ccc2-n2cncn2)c1. The van der Waals surface area contributed by atoms with E-state index in [0.717, 1.165) is 0 Å². The Morgan fingerprint density at radius 3 is 2.62 bits per heavy atom. The summed E-state index contributed by atoms with van der Waals surface area (Å²) in [5.74, 6) is -0.474. The first kappa shape index (κ1) is 21.0. The molecular formula is C19H20ClN5O3S. The average Bonchev–Trinajstić information content (AvgIpc) is 3.22. The van der Waals surface area contributed by atoms with Gasteiger partial charge in [-0.2, -0.15) is 9.40 Å². The van der Waals surface area contributed by atoms with Crippen molar-refractivity contribution >= 4 is 33.2 Å². The van der Waals surface area contributed by atoms with Crippen molar-refractivity contribution in [2.45, 2.75) is 24.8 Å². The van der Waals surface area contributed by atoms with Gasteiger partial charge in [0.25, 0.3) is 5.91 Å². The van der Waals surface area contributed by atoms with Crippen molar-refractivity contribution < 1.29 is 13.2 Å². The summed E-state index contributed by atoms with van der Waals surface area (Å²) < 4.78 is 28.2. The fraction of sp³-hybridized carbons (Fsp3) is 0.211. The molecule has 1 N–H and O–H groups in total. The number of halogens is 1. The molecule has 0 aliphatic rings. The Morgan fingerprint density at radius 1 is 1.21 bits per heavy atom. The molecule has 2 aromatic carbocycles. The van der Waals surface area contributed by atoms with Crippen LogP contribution in [-0.4, -0.2) is 46.5 Å². The van der Waals surface area contributed by atoms with Gasteiger partial charge in [0.1, 0.15) is 12.7 Å². The lowest BCUT2D eigenvalue weighted by atomic mass is 10.2. The molecule has 0 unspecified atom stereocenters. The number of hydrogen-bond donors (Lipinski definition) is 1. The molecule has 0 radical (unpaired) electrons. The molecule has 0 aliphatic heterocycles. The number of carbonyl (C=O) groups is 1. The predicted molar refractivity (Wildman–Crippen MR) is 111 cm³/mol. The van der Waals surface area contributed by atoms with Gasteiger partial charge in [0, 0.05) is 23.7 Å². The molecule has 10 heteroatoms. The number of hydrogen-bond acceptors (Lipinski definition) is 5. The Labute approximate surface area is 174 Å². The molecular weight excluding hydrogens is 414 g/mol. The third kappa shape index (κ3) is 4.47. The molecule has 8 nitrogen and oxygen atoms in total. The van der Waals surface area contributed by atoms with Crippen LogP contribution in [0.4, 0.5) is 5.69 Å². The van der Waals surface area contributed by atoms with Gasteiger partial charge in [-0.25, -0.2) is 18.1 Å². The van der Waals surface area contributed by atoms with Crippen molar-refractivity contribution in [1.82, 2.24) is 19.1 Å². The van der Waals surface area contributed by atoms with E-state index in [1.54, 1.807) is 38.1 Å². The fourth-order valence-electron chi connectivity index (χ4n) is 2.58. The van der Waals surface area contributed by atoms with Crippen LogP contribution in [0.3, 0.4) is 0 Å². The standard InChI is InChI=1S/C19H20ClN5O3S/c1-13(2)24(3)29(27,28)16-6-4-5-14(9-16)19(26)23-17-10-15(20)7-8-18(17)25-12-21-11-22-25/h4-13H,1-3H3,(H,23,26). The van der Waals surface area contributed by atoms with E-state index in [0.29, 0.717) is 16.4 Å². The zero-order valence-corrected chi connectivity index (χ0v) is 17.6. The largest absolute Gasteiger partial charge is 0.320 e. The van der Waals surface area contributed by atoms with Crippen molar-refractivity contribution in [1.29, 1.82) is 0 Å². The highest BCUT2D eigenvalue weighted by Crippen LogP contribution is 2.25. The summed E-state index contributed by atoms with van der Waals surface area (Å²) >= 11 is 6.08. The lowest BCUT2D eigenvalue weighted by molar-refractivity contribution is 0.102. The molecule has 0 bridgehead atoms. The van der Waals surface area contributed by atoms with Crippen LogP contribution < -0.4 is 5.32 Å². The predicted octanol–water partition coefficient (Wildman–Crippen LogP) is 3.20. The van der Waals surface area contributed by atoms with Crippen LogP contribution in [-0.2, 0) is 10.0 Å². The monoisotopic (exact) mass is 433 g/mol. The molecule has 1 aromatic heterocycles. The summed E-state index contributed by atoms with van der Waals surface area (Å²) in [6.07, 6.45) is 2.87. The van der Waals surface area contributed by atoms with Gasteiger partial charge in [-0.3, -0.25) is 4.79 Å². The minimum absolute atomic E-state index is 0.0453. The molecule has 29 heavy (non-hydrogen) atoms. The van der Waals surface area contributed by atoms with Crippen molar-refractivity contribution in [3.63, 3.8) is 0 Å². The van der Waals surface area contributed by atoms with E-state index >= 15 is 0 Å². The maximum Gasteiger partial charge on any atom is 0.255 e. The van der Waals surface area contributed by atoms with Gasteiger partial charge < -0.3 is 5.32 Å². The van der Waals surface area contributed by atoms with Crippen LogP contribution in [0.25, 0.3) is 5.69 Å². The molecule has 0 saturated heterocycles. The van der Waals surface area contributed by atoms with E-state index < -0.39 is 15.9 Å². The molecule has 0 aliphatic carbocycles. The number of sulfonamides is 1. The van der Waals surface area contributed by atoms with Crippen LogP contribution in [0.15, 0.2) is 60.0 Å². The molecule has 1 amide bonds. The van der Waals surface area contributed by atoms with Crippen LogP contribution in [0.5, 0.6) is 0 Å². The Hall–Kier alpha value is -2.75. The summed E-state index contributed by atoms with van der Waals surface area (Å²) in [6.45, 7) is 3.55. The zero-order valence-electron chi connectivity index (χ0n) is 16.1. The summed E-state index contributed by atoms with van der Waals surface area (Å²) in [7, 11) is -2.20. The lowest BCUT2D eigenvalue weighted by Gasteiger charge is -2.21. The Morgan fingerprint density at radius 2 is 1.97 bits per heavy atom. The second kappa shape index (κ2) is 8.32. The van der Waals surface area contributed by atoms with E-state index in [4.69, 9.17) is 11.6 Å². The van der Waals surface area contributed by atoms with Crippen LogP contribution >= 0.6 is 11.6 Å². The third-order valence-corrected chi connectivity index (χ3v) is 6.64. The van der Waals surface area contributed by atoms with E-state index in [2.05, 4.69) is 15.4 Å². The number of aromatic nitrogens is 3. The van der Waals surface area contributed by atoms with Crippen LogP contribution in [0, 0.1) is 0 Å². The number of amides is 1. The Bertz CT molecular complexity index is 1130. The van der Waals surface area contributed by atoms with Crippen molar-refractivity contribution in [2.24, 2.45) is 0 Å². The van der Waals surface area contributed by atoms with Gasteiger partial charge in [0.15, 0.2) is 0 Å². The summed E-state index contributed by atoms with van der Waals surface area (Å²) in [5, 5.41) is 7.26. The molecule has 3 rings (SSSR count). The molecule has 3 aromatic rings. The molecule has 0 atom stereocenters. The van der Waals surface area contributed by atoms with Gasteiger partial charge in [-0.1, -0.05) is 17.7 Å². The van der Waals surface area contributed by atoms with Crippen LogP contribution in [0.1, 0.15) is 24.2 Å². The van der Waals surface area contributed by atoms with E-state index in [9.17, 15) is 13.2 Å². The highest BCUT2D eigenvalue weighted by atomic mass is 35.5. The van der Waals surface area contributed by atoms with Gasteiger partial charge in [-0.15, -0.1) is 0 Å². The highest BCUT2D eigenvalue weighted by Gasteiger charge is 2.24. The zero-order chi connectivity index (χ0) is 21.2. The minimum Gasteiger partial charge on any atom is -0.320 e. The minimum atomic E-state index is -3.71. The van der Waals surface area contributed by atoms with Crippen molar-refractivity contribution in [3.8, 4) is 5.69 Å². The fourth-order valence-corrected chi connectivity index (χ4v) is 4.16. The number of rotatable bonds is 6. The number of carbonyl (C=O) groups excluding carboxylic acids is 1. The maximum atomic E-state index is 12.8. The maximum absolute atomic E-state index is 12.8. The van der Waals surface area contributed by atoms with Crippen molar-refractivity contribution in [3.05, 3.63) is 65.7 Å². The Kier molecular flexibility index (Phi) is 6.02. The van der Waals surface area contributed by atoms with Crippen LogP contribution in [0.2, 0.25) is 5.02 Å². The number of nitrogens with zero attached hydrogens (tertiary/aromatic N) is 4. The quantitative estimate of drug-likeness (QED) is 0.643. The summed E-state index contributed by atoms with van der Waals surface area (Å²) in [5.41, 5.74) is 1.19. The topological polar surface area (TPSA) is 97.2 Å². The van der Waals surface area contributed by atoms with Gasteiger partial charge >= 0.3 is 0 Å². The number of anilines is 1.